The van der Waals surface area contributed by atoms with E-state index >= 15 is 0 Å². The molecule has 26 heavy (non-hydrogen) atoms. The van der Waals surface area contributed by atoms with Gasteiger partial charge in [0, 0.05) is 17.0 Å². The minimum absolute atomic E-state index is 0.230. The summed E-state index contributed by atoms with van der Waals surface area (Å²) >= 11 is 1.41. The number of hydrogen-bond acceptors (Lipinski definition) is 4. The molecule has 5 heteroatoms. The molecule has 0 spiro atoms. The molecule has 134 valence electrons. The van der Waals surface area contributed by atoms with Crippen molar-refractivity contribution in [1.82, 2.24) is 4.98 Å². The van der Waals surface area contributed by atoms with E-state index in [2.05, 4.69) is 48.4 Å². The minimum Gasteiger partial charge on any atom is -0.462 e. The molecule has 0 saturated heterocycles. The smallest absolute Gasteiger partial charge is 0.250 e. The van der Waals surface area contributed by atoms with Crippen LogP contribution in [0, 0.1) is 6.92 Å². The number of thiazole rings is 1. The zero-order valence-electron chi connectivity index (χ0n) is 15.2. The summed E-state index contributed by atoms with van der Waals surface area (Å²) in [6, 6.07) is 12.1. The molecule has 0 saturated carbocycles. The SMILES string of the molecule is CCC(C)c1ccc(-c2csc(NC(=O)/C=C/c3ccc(C)o3)n2)cc1. The first-order valence-electron chi connectivity index (χ1n) is 8.66. The van der Waals surface area contributed by atoms with Crippen molar-refractivity contribution < 1.29 is 9.21 Å². The molecule has 1 N–H and O–H groups in total. The summed E-state index contributed by atoms with van der Waals surface area (Å²) in [4.78, 5) is 16.5. The monoisotopic (exact) mass is 366 g/mol. The van der Waals surface area contributed by atoms with E-state index in [4.69, 9.17) is 4.42 Å². The first-order valence-corrected chi connectivity index (χ1v) is 9.54. The number of aromatic nitrogens is 1. The summed E-state index contributed by atoms with van der Waals surface area (Å²) in [5.74, 6) is 1.79. The Labute approximate surface area is 157 Å². The predicted molar refractivity (Wildman–Crippen MR) is 107 cm³/mol. The highest BCUT2D eigenvalue weighted by molar-refractivity contribution is 7.14. The Morgan fingerprint density at radius 3 is 2.69 bits per heavy atom. The van der Waals surface area contributed by atoms with Gasteiger partial charge in [-0.05, 0) is 43.0 Å². The Kier molecular flexibility index (Phi) is 5.68. The van der Waals surface area contributed by atoms with E-state index in [0.29, 0.717) is 16.8 Å². The van der Waals surface area contributed by atoms with E-state index in [1.165, 1.54) is 23.0 Å². The number of nitrogens with zero attached hydrogens (tertiary/aromatic N) is 1. The largest absolute Gasteiger partial charge is 0.462 e. The van der Waals surface area contributed by atoms with Gasteiger partial charge in [0.25, 0.3) is 0 Å². The van der Waals surface area contributed by atoms with Crippen LogP contribution in [-0.4, -0.2) is 10.9 Å². The number of anilines is 1. The third kappa shape index (κ3) is 4.49. The third-order valence-electron chi connectivity index (χ3n) is 4.28. The molecular formula is C21H22N2O2S. The van der Waals surface area contributed by atoms with Crippen LogP contribution >= 0.6 is 11.3 Å². The highest BCUT2D eigenvalue weighted by atomic mass is 32.1. The van der Waals surface area contributed by atoms with Gasteiger partial charge in [-0.25, -0.2) is 4.98 Å². The molecule has 2 aromatic heterocycles. The van der Waals surface area contributed by atoms with Gasteiger partial charge in [0.1, 0.15) is 11.5 Å². The lowest BCUT2D eigenvalue weighted by Gasteiger charge is -2.08. The highest BCUT2D eigenvalue weighted by Gasteiger charge is 2.08. The van der Waals surface area contributed by atoms with Crippen LogP contribution in [0.15, 0.2) is 52.3 Å². The van der Waals surface area contributed by atoms with Crippen molar-refractivity contribution in [2.75, 3.05) is 5.32 Å². The van der Waals surface area contributed by atoms with Gasteiger partial charge in [0.05, 0.1) is 5.69 Å². The summed E-state index contributed by atoms with van der Waals surface area (Å²) in [6.07, 6.45) is 4.21. The predicted octanol–water partition coefficient (Wildman–Crippen LogP) is 5.88. The van der Waals surface area contributed by atoms with E-state index in [0.717, 1.165) is 23.4 Å². The lowest BCUT2D eigenvalue weighted by molar-refractivity contribution is -0.111. The molecule has 0 aliphatic rings. The van der Waals surface area contributed by atoms with Crippen LogP contribution in [0.5, 0.6) is 0 Å². The summed E-state index contributed by atoms with van der Waals surface area (Å²) in [5, 5.41) is 5.32. The molecule has 1 atom stereocenters. The lowest BCUT2D eigenvalue weighted by Crippen LogP contribution is -2.07. The van der Waals surface area contributed by atoms with Gasteiger partial charge >= 0.3 is 0 Å². The van der Waals surface area contributed by atoms with Crippen LogP contribution < -0.4 is 5.32 Å². The summed E-state index contributed by atoms with van der Waals surface area (Å²) < 4.78 is 5.40. The molecule has 2 heterocycles. The minimum atomic E-state index is -0.230. The summed E-state index contributed by atoms with van der Waals surface area (Å²) in [6.45, 7) is 6.28. The number of amides is 1. The van der Waals surface area contributed by atoms with E-state index < -0.39 is 0 Å². The maximum atomic E-state index is 12.0. The topological polar surface area (TPSA) is 55.1 Å². The van der Waals surface area contributed by atoms with Crippen molar-refractivity contribution in [3.8, 4) is 11.3 Å². The second-order valence-corrected chi connectivity index (χ2v) is 7.10. The fraction of sp³-hybridized carbons (Fsp3) is 0.238. The van der Waals surface area contributed by atoms with Crippen molar-refractivity contribution in [2.45, 2.75) is 33.1 Å². The average molecular weight is 366 g/mol. The van der Waals surface area contributed by atoms with Crippen LogP contribution in [0.2, 0.25) is 0 Å². The Hall–Kier alpha value is -2.66. The summed E-state index contributed by atoms with van der Waals surface area (Å²) in [5.41, 5.74) is 3.25. The molecule has 4 nitrogen and oxygen atoms in total. The third-order valence-corrected chi connectivity index (χ3v) is 5.04. The van der Waals surface area contributed by atoms with Gasteiger partial charge < -0.3 is 4.42 Å². The number of carbonyl (C=O) groups excluding carboxylic acids is 1. The Morgan fingerprint density at radius 1 is 1.27 bits per heavy atom. The fourth-order valence-corrected chi connectivity index (χ4v) is 3.25. The molecule has 0 aliphatic carbocycles. The van der Waals surface area contributed by atoms with Crippen molar-refractivity contribution in [1.29, 1.82) is 0 Å². The molecule has 0 aliphatic heterocycles. The average Bonchev–Trinajstić information content (AvgIpc) is 3.28. The van der Waals surface area contributed by atoms with E-state index in [-0.39, 0.29) is 5.91 Å². The van der Waals surface area contributed by atoms with E-state index in [1.54, 1.807) is 6.08 Å². The van der Waals surface area contributed by atoms with Crippen molar-refractivity contribution in [3.63, 3.8) is 0 Å². The van der Waals surface area contributed by atoms with Gasteiger partial charge in [0.2, 0.25) is 5.91 Å². The maximum absolute atomic E-state index is 12.0. The number of nitrogens with one attached hydrogen (secondary N) is 1. The van der Waals surface area contributed by atoms with Gasteiger partial charge in [-0.3, -0.25) is 10.1 Å². The first-order chi connectivity index (χ1) is 12.5. The lowest BCUT2D eigenvalue weighted by atomic mass is 9.97. The van der Waals surface area contributed by atoms with Crippen LogP contribution in [-0.2, 0) is 4.79 Å². The van der Waals surface area contributed by atoms with Crippen LogP contribution in [0.3, 0.4) is 0 Å². The van der Waals surface area contributed by atoms with Crippen LogP contribution in [0.4, 0.5) is 5.13 Å². The highest BCUT2D eigenvalue weighted by Crippen LogP contribution is 2.27. The number of hydrogen-bond donors (Lipinski definition) is 1. The zero-order chi connectivity index (χ0) is 18.5. The Morgan fingerprint density at radius 2 is 2.04 bits per heavy atom. The number of aryl methyl sites for hydroxylation is 1. The maximum Gasteiger partial charge on any atom is 0.250 e. The van der Waals surface area contributed by atoms with Crippen LogP contribution in [0.1, 0.15) is 43.3 Å². The molecule has 1 unspecified atom stereocenters. The first kappa shape index (κ1) is 18.1. The molecule has 0 bridgehead atoms. The Bertz CT molecular complexity index is 906. The van der Waals surface area contributed by atoms with E-state index in [9.17, 15) is 4.79 Å². The number of carbonyl (C=O) groups is 1. The molecular weight excluding hydrogens is 344 g/mol. The molecule has 1 amide bonds. The standard InChI is InChI=1S/C21H22N2O2S/c1-4-14(2)16-6-8-17(9-7-16)19-13-26-21(22-19)23-20(24)12-11-18-10-5-15(3)25-18/h5-14H,4H2,1-3H3,(H,22,23,24)/b12-11+. The number of rotatable bonds is 6. The quantitative estimate of drug-likeness (QED) is 0.555. The number of furan rings is 1. The van der Waals surface area contributed by atoms with Gasteiger partial charge in [-0.15, -0.1) is 11.3 Å². The van der Waals surface area contributed by atoms with Crippen LogP contribution in [0.25, 0.3) is 17.3 Å². The molecule has 0 fully saturated rings. The molecule has 0 radical (unpaired) electrons. The second kappa shape index (κ2) is 8.15. The summed E-state index contributed by atoms with van der Waals surface area (Å²) in [7, 11) is 0. The molecule has 3 aromatic rings. The second-order valence-electron chi connectivity index (χ2n) is 6.24. The normalized spacial score (nSPS) is 12.4. The van der Waals surface area contributed by atoms with Gasteiger partial charge in [0.15, 0.2) is 5.13 Å². The van der Waals surface area contributed by atoms with Crippen molar-refractivity contribution in [2.24, 2.45) is 0 Å². The van der Waals surface area contributed by atoms with Gasteiger partial charge in [-0.1, -0.05) is 38.1 Å². The van der Waals surface area contributed by atoms with Gasteiger partial charge in [-0.2, -0.15) is 0 Å². The van der Waals surface area contributed by atoms with Crippen molar-refractivity contribution in [3.05, 3.63) is 64.9 Å². The Balaban J connectivity index is 1.64. The molecule has 3 rings (SSSR count). The zero-order valence-corrected chi connectivity index (χ0v) is 16.0. The van der Waals surface area contributed by atoms with E-state index in [1.807, 2.05) is 24.4 Å². The molecule has 1 aromatic carbocycles. The fourth-order valence-electron chi connectivity index (χ4n) is 2.53. The number of benzene rings is 1. The van der Waals surface area contributed by atoms with Crippen molar-refractivity contribution >= 4 is 28.5 Å².